The molecule has 148 valence electrons. The Morgan fingerprint density at radius 2 is 1.81 bits per heavy atom. The number of fused-ring (bicyclic) bond motifs is 1. The van der Waals surface area contributed by atoms with Gasteiger partial charge in [0.05, 0.1) is 18.0 Å². The predicted molar refractivity (Wildman–Crippen MR) is 114 cm³/mol. The molecule has 2 aromatic carbocycles. The van der Waals surface area contributed by atoms with Gasteiger partial charge in [0, 0.05) is 11.5 Å². The van der Waals surface area contributed by atoms with Crippen molar-refractivity contribution in [2.75, 3.05) is 18.7 Å². The van der Waals surface area contributed by atoms with Crippen molar-refractivity contribution in [2.45, 2.75) is 44.4 Å². The van der Waals surface area contributed by atoms with Crippen molar-refractivity contribution in [1.82, 2.24) is 0 Å². The molecule has 0 fully saturated rings. The van der Waals surface area contributed by atoms with E-state index in [9.17, 15) is 9.36 Å². The standard InChI is InChI=1S/C21H29O4PS/c1-4-10-18(20(22)24-5-2)21(25-6-3)26(23)15-27-19-14-9-12-16-11-7-8-13-17(16)19/h7-9,11-14,18,21,26H,4-6,10,15H2,1-3H3. The highest BCUT2D eigenvalue weighted by atomic mass is 32.2. The molecule has 27 heavy (non-hydrogen) atoms. The molecule has 4 nitrogen and oxygen atoms in total. The zero-order valence-corrected chi connectivity index (χ0v) is 18.1. The van der Waals surface area contributed by atoms with E-state index < -0.39 is 19.6 Å². The van der Waals surface area contributed by atoms with Crippen LogP contribution in [0.1, 0.15) is 33.6 Å². The van der Waals surface area contributed by atoms with Crippen molar-refractivity contribution >= 4 is 36.3 Å². The summed E-state index contributed by atoms with van der Waals surface area (Å²) in [6.45, 7) is 6.42. The smallest absolute Gasteiger partial charge is 0.312 e. The Balaban J connectivity index is 2.14. The maximum absolute atomic E-state index is 13.1. The molecule has 0 bridgehead atoms. The van der Waals surface area contributed by atoms with Crippen LogP contribution in [-0.2, 0) is 18.8 Å². The molecule has 6 heteroatoms. The predicted octanol–water partition coefficient (Wildman–Crippen LogP) is 5.79. The molecule has 0 radical (unpaired) electrons. The number of carbonyl (C=O) groups is 1. The number of ether oxygens (including phenoxy) is 2. The molecule has 0 aliphatic carbocycles. The van der Waals surface area contributed by atoms with Gasteiger partial charge in [-0.15, -0.1) is 11.8 Å². The van der Waals surface area contributed by atoms with E-state index in [4.69, 9.17) is 9.47 Å². The minimum atomic E-state index is -2.15. The van der Waals surface area contributed by atoms with Gasteiger partial charge in [-0.25, -0.2) is 0 Å². The van der Waals surface area contributed by atoms with Gasteiger partial charge in [0.2, 0.25) is 0 Å². The summed E-state index contributed by atoms with van der Waals surface area (Å²) in [5.41, 5.74) is 0.447. The number of carbonyl (C=O) groups excluding carboxylic acids is 1. The van der Waals surface area contributed by atoms with E-state index in [1.54, 1.807) is 18.7 Å². The van der Waals surface area contributed by atoms with Crippen molar-refractivity contribution in [3.8, 4) is 0 Å². The van der Waals surface area contributed by atoms with Crippen molar-refractivity contribution in [3.05, 3.63) is 42.5 Å². The molecule has 3 unspecified atom stereocenters. The van der Waals surface area contributed by atoms with Crippen LogP contribution in [-0.4, -0.2) is 30.5 Å². The highest BCUT2D eigenvalue weighted by molar-refractivity contribution is 8.04. The van der Waals surface area contributed by atoms with Gasteiger partial charge in [0.1, 0.15) is 13.6 Å². The van der Waals surface area contributed by atoms with Crippen molar-refractivity contribution < 1.29 is 18.8 Å². The first-order valence-electron chi connectivity index (χ1n) is 9.53. The van der Waals surface area contributed by atoms with E-state index >= 15 is 0 Å². The molecule has 0 saturated heterocycles. The molecule has 0 aliphatic heterocycles. The Kier molecular flexibility index (Phi) is 9.40. The maximum atomic E-state index is 13.1. The largest absolute Gasteiger partial charge is 0.466 e. The number of rotatable bonds is 11. The number of benzene rings is 2. The normalized spacial score (nSPS) is 14.6. The topological polar surface area (TPSA) is 52.6 Å². The Bertz CT molecular complexity index is 759. The van der Waals surface area contributed by atoms with Crippen LogP contribution in [0.5, 0.6) is 0 Å². The molecular weight excluding hydrogens is 379 g/mol. The Labute approximate surface area is 166 Å². The van der Waals surface area contributed by atoms with Crippen molar-refractivity contribution in [2.24, 2.45) is 5.92 Å². The van der Waals surface area contributed by atoms with Crippen LogP contribution < -0.4 is 0 Å². The fraction of sp³-hybridized carbons (Fsp3) is 0.476. The fourth-order valence-electron chi connectivity index (χ4n) is 3.12. The van der Waals surface area contributed by atoms with Gasteiger partial charge in [-0.3, -0.25) is 4.79 Å². The van der Waals surface area contributed by atoms with Crippen LogP contribution in [0.2, 0.25) is 0 Å². The molecule has 0 heterocycles. The molecule has 0 N–H and O–H groups in total. The van der Waals surface area contributed by atoms with Gasteiger partial charge in [-0.2, -0.15) is 0 Å². The molecule has 2 aromatic rings. The van der Waals surface area contributed by atoms with Gasteiger partial charge >= 0.3 is 5.97 Å². The van der Waals surface area contributed by atoms with Gasteiger partial charge in [0.15, 0.2) is 0 Å². The maximum Gasteiger partial charge on any atom is 0.312 e. The van der Waals surface area contributed by atoms with Crippen LogP contribution in [0.4, 0.5) is 0 Å². The molecule has 0 aliphatic rings. The third-order valence-electron chi connectivity index (χ3n) is 4.34. The van der Waals surface area contributed by atoms with Gasteiger partial charge < -0.3 is 14.0 Å². The number of hydrogen-bond donors (Lipinski definition) is 0. The number of thioether (sulfide) groups is 1. The summed E-state index contributed by atoms with van der Waals surface area (Å²) in [7, 11) is -2.15. The third kappa shape index (κ3) is 6.10. The summed E-state index contributed by atoms with van der Waals surface area (Å²) in [6.07, 6.45) is 1.44. The van der Waals surface area contributed by atoms with Crippen LogP contribution in [0.25, 0.3) is 10.8 Å². The van der Waals surface area contributed by atoms with Crippen molar-refractivity contribution in [1.29, 1.82) is 0 Å². The molecule has 0 aromatic heterocycles. The highest BCUT2D eigenvalue weighted by Crippen LogP contribution is 2.42. The van der Waals surface area contributed by atoms with E-state index in [0.29, 0.717) is 25.1 Å². The van der Waals surface area contributed by atoms with Crippen LogP contribution in [0, 0.1) is 5.92 Å². The molecular formula is C21H29O4PS. The zero-order chi connectivity index (χ0) is 19.6. The molecule has 0 spiro atoms. The first-order valence-corrected chi connectivity index (χ1v) is 12.2. The van der Waals surface area contributed by atoms with Gasteiger partial charge in [-0.1, -0.05) is 49.7 Å². The van der Waals surface area contributed by atoms with E-state index in [1.807, 2.05) is 38.1 Å². The first-order chi connectivity index (χ1) is 13.1. The van der Waals surface area contributed by atoms with Crippen LogP contribution in [0.15, 0.2) is 47.4 Å². The summed E-state index contributed by atoms with van der Waals surface area (Å²) in [4.78, 5) is 13.5. The lowest BCUT2D eigenvalue weighted by atomic mass is 10.1. The lowest BCUT2D eigenvalue weighted by Gasteiger charge is -2.25. The van der Waals surface area contributed by atoms with Crippen molar-refractivity contribution in [3.63, 3.8) is 0 Å². The minimum Gasteiger partial charge on any atom is -0.466 e. The SMILES string of the molecule is CCCC(C(=O)OCC)C(OCC)[PH](=O)CSc1cccc2ccccc12. The quantitative estimate of drug-likeness (QED) is 0.268. The van der Waals surface area contributed by atoms with Gasteiger partial charge in [-0.05, 0) is 37.1 Å². The molecule has 3 atom stereocenters. The van der Waals surface area contributed by atoms with E-state index in [1.165, 1.54) is 5.39 Å². The second kappa shape index (κ2) is 11.5. The highest BCUT2D eigenvalue weighted by Gasteiger charge is 2.33. The Morgan fingerprint density at radius 1 is 1.07 bits per heavy atom. The zero-order valence-electron chi connectivity index (χ0n) is 16.3. The van der Waals surface area contributed by atoms with E-state index in [-0.39, 0.29) is 5.97 Å². The number of hydrogen-bond acceptors (Lipinski definition) is 5. The lowest BCUT2D eigenvalue weighted by molar-refractivity contribution is -0.151. The average Bonchev–Trinajstić information content (AvgIpc) is 2.69. The van der Waals surface area contributed by atoms with E-state index in [2.05, 4.69) is 18.2 Å². The van der Waals surface area contributed by atoms with Crippen LogP contribution in [0.3, 0.4) is 0 Å². The second-order valence-corrected chi connectivity index (χ2v) is 9.64. The summed E-state index contributed by atoms with van der Waals surface area (Å²) in [5.74, 6) is -1.33. The van der Waals surface area contributed by atoms with Gasteiger partial charge in [0.25, 0.3) is 0 Å². The fourth-order valence-corrected chi connectivity index (χ4v) is 6.59. The summed E-state index contributed by atoms with van der Waals surface area (Å²) < 4.78 is 24.1. The second-order valence-electron chi connectivity index (χ2n) is 6.26. The minimum absolute atomic E-state index is 0.300. The average molecular weight is 409 g/mol. The molecule has 0 amide bonds. The first kappa shape index (κ1) is 22.0. The Morgan fingerprint density at radius 3 is 2.52 bits per heavy atom. The number of esters is 1. The lowest BCUT2D eigenvalue weighted by Crippen LogP contribution is -2.30. The summed E-state index contributed by atoms with van der Waals surface area (Å²) >= 11 is 1.57. The van der Waals surface area contributed by atoms with E-state index in [0.717, 1.165) is 16.7 Å². The van der Waals surface area contributed by atoms with Crippen LogP contribution >= 0.6 is 19.6 Å². The molecule has 2 rings (SSSR count). The molecule has 0 saturated carbocycles. The Hall–Kier alpha value is -1.29. The summed E-state index contributed by atoms with van der Waals surface area (Å²) in [5, 5.41) is 2.32. The monoisotopic (exact) mass is 408 g/mol. The summed E-state index contributed by atoms with van der Waals surface area (Å²) in [6, 6.07) is 14.3. The third-order valence-corrected chi connectivity index (χ3v) is 7.92.